The Morgan fingerprint density at radius 1 is 1.12 bits per heavy atom. The van der Waals surface area contributed by atoms with Gasteiger partial charge >= 0.3 is 10.1 Å². The molecule has 0 saturated carbocycles. The summed E-state index contributed by atoms with van der Waals surface area (Å²) in [5.74, 6) is 0.326. The van der Waals surface area contributed by atoms with E-state index in [1.165, 1.54) is 0 Å². The van der Waals surface area contributed by atoms with Gasteiger partial charge < -0.3 is 9.17 Å². The molecule has 4 nitrogen and oxygen atoms in total. The van der Waals surface area contributed by atoms with Crippen LogP contribution in [0.2, 0.25) is 0 Å². The summed E-state index contributed by atoms with van der Waals surface area (Å²) in [6.45, 7) is 4.05. The summed E-state index contributed by atoms with van der Waals surface area (Å²) in [5, 5.41) is 0.753. The van der Waals surface area contributed by atoms with Crippen molar-refractivity contribution < 1.29 is 12.6 Å². The van der Waals surface area contributed by atoms with E-state index in [0.29, 0.717) is 5.75 Å². The van der Waals surface area contributed by atoms with Crippen molar-refractivity contribution in [1.29, 1.82) is 0 Å². The topological polar surface area (TPSA) is 59.2 Å². The lowest BCUT2D eigenvalue weighted by Crippen LogP contribution is -2.12. The summed E-state index contributed by atoms with van der Waals surface area (Å²) in [6, 6.07) is 12.8. The maximum atomic E-state index is 12.8. The first-order valence-electron chi connectivity index (χ1n) is 8.11. The Bertz CT molecular complexity index is 958. The van der Waals surface area contributed by atoms with Crippen molar-refractivity contribution in [3.05, 3.63) is 59.8 Å². The highest BCUT2D eigenvalue weighted by Gasteiger charge is 2.22. The molecule has 1 aromatic heterocycles. The lowest BCUT2D eigenvalue weighted by atomic mass is 10.1. The number of fused-ring (bicyclic) bond motifs is 1. The van der Waals surface area contributed by atoms with Crippen LogP contribution in [-0.2, 0) is 16.5 Å². The lowest BCUT2D eigenvalue weighted by Gasteiger charge is -2.12. The second-order valence-corrected chi connectivity index (χ2v) is 7.47. The van der Waals surface area contributed by atoms with E-state index < -0.39 is 10.1 Å². The molecule has 0 aliphatic heterocycles. The highest BCUT2D eigenvalue weighted by molar-refractivity contribution is 7.87. The molecule has 3 aromatic rings. The number of rotatable bonds is 6. The highest BCUT2D eigenvalue weighted by Crippen LogP contribution is 2.29. The lowest BCUT2D eigenvalue weighted by molar-refractivity contribution is 0.487. The van der Waals surface area contributed by atoms with E-state index in [1.54, 1.807) is 18.3 Å². The number of unbranched alkanes of at least 4 members (excludes halogenated alkanes) is 1. The van der Waals surface area contributed by atoms with Crippen molar-refractivity contribution in [2.24, 2.45) is 0 Å². The first-order chi connectivity index (χ1) is 11.5. The van der Waals surface area contributed by atoms with Gasteiger partial charge in [0.05, 0.1) is 0 Å². The highest BCUT2D eigenvalue weighted by atomic mass is 32.2. The summed E-state index contributed by atoms with van der Waals surface area (Å²) >= 11 is 0. The molecule has 3 rings (SSSR count). The van der Waals surface area contributed by atoms with E-state index in [9.17, 15) is 8.42 Å². The molecule has 0 fully saturated rings. The van der Waals surface area contributed by atoms with Crippen LogP contribution in [0.3, 0.4) is 0 Å². The van der Waals surface area contributed by atoms with Crippen LogP contribution in [0.4, 0.5) is 0 Å². The Hall–Kier alpha value is -2.27. The molecule has 0 atom stereocenters. The third kappa shape index (κ3) is 3.31. The normalized spacial score (nSPS) is 11.8. The molecular weight excluding hydrogens is 322 g/mol. The molecule has 0 saturated heterocycles. The first-order valence-corrected chi connectivity index (χ1v) is 9.52. The molecule has 1 heterocycles. The summed E-state index contributed by atoms with van der Waals surface area (Å²) in [5.41, 5.74) is 2.71. The fraction of sp³-hybridized carbons (Fsp3) is 0.263. The maximum Gasteiger partial charge on any atom is 0.339 e. The zero-order valence-corrected chi connectivity index (χ0v) is 14.7. The smallest absolute Gasteiger partial charge is 0.339 e. The van der Waals surface area contributed by atoms with Crippen molar-refractivity contribution in [3.8, 4) is 5.75 Å². The van der Waals surface area contributed by atoms with Crippen LogP contribution in [0, 0.1) is 6.92 Å². The van der Waals surface area contributed by atoms with Gasteiger partial charge in [0, 0.05) is 17.1 Å². The molecule has 0 aliphatic rings. The van der Waals surface area contributed by atoms with Crippen LogP contribution in [0.5, 0.6) is 5.75 Å². The third-order valence-corrected chi connectivity index (χ3v) is 5.37. The fourth-order valence-corrected chi connectivity index (χ4v) is 3.97. The molecule has 126 valence electrons. The number of aromatic nitrogens is 1. The minimum atomic E-state index is -3.87. The van der Waals surface area contributed by atoms with E-state index in [4.69, 9.17) is 4.18 Å². The van der Waals surface area contributed by atoms with E-state index in [2.05, 4.69) is 11.9 Å². The average Bonchev–Trinajstić information content (AvgIpc) is 2.95. The average molecular weight is 343 g/mol. The predicted molar refractivity (Wildman–Crippen MR) is 95.9 cm³/mol. The van der Waals surface area contributed by atoms with Crippen LogP contribution >= 0.6 is 0 Å². The van der Waals surface area contributed by atoms with Gasteiger partial charge in [0.15, 0.2) is 5.75 Å². The quantitative estimate of drug-likeness (QED) is 0.666. The van der Waals surface area contributed by atoms with Crippen molar-refractivity contribution in [3.63, 3.8) is 0 Å². The number of hydrogen-bond acceptors (Lipinski definition) is 3. The largest absolute Gasteiger partial charge is 0.377 e. The van der Waals surface area contributed by atoms with Crippen LogP contribution in [0.1, 0.15) is 30.9 Å². The van der Waals surface area contributed by atoms with Gasteiger partial charge in [0.2, 0.25) is 0 Å². The van der Waals surface area contributed by atoms with Gasteiger partial charge in [-0.15, -0.1) is 0 Å². The van der Waals surface area contributed by atoms with E-state index in [0.717, 1.165) is 41.3 Å². The molecule has 0 unspecified atom stereocenters. The standard InChI is InChI=1S/C19H21NO3S/c1-3-4-7-15-12-14(2)10-11-19(15)24(21,22)23-18-13-20-17-9-6-5-8-16(17)18/h5-6,8-13,20H,3-4,7H2,1-2H3. The monoisotopic (exact) mass is 343 g/mol. The summed E-state index contributed by atoms with van der Waals surface area (Å²) < 4.78 is 31.0. The second-order valence-electron chi connectivity index (χ2n) is 5.95. The van der Waals surface area contributed by atoms with Gasteiger partial charge in [-0.3, -0.25) is 0 Å². The number of nitrogens with one attached hydrogen (secondary N) is 1. The summed E-state index contributed by atoms with van der Waals surface area (Å²) in [6.07, 6.45) is 4.27. The molecule has 1 N–H and O–H groups in total. The van der Waals surface area contributed by atoms with Crippen LogP contribution in [-0.4, -0.2) is 13.4 Å². The minimum absolute atomic E-state index is 0.256. The Morgan fingerprint density at radius 3 is 2.71 bits per heavy atom. The minimum Gasteiger partial charge on any atom is -0.377 e. The van der Waals surface area contributed by atoms with E-state index >= 15 is 0 Å². The van der Waals surface area contributed by atoms with Crippen molar-refractivity contribution in [2.45, 2.75) is 38.0 Å². The molecule has 0 bridgehead atoms. The van der Waals surface area contributed by atoms with Gasteiger partial charge in [0.1, 0.15) is 4.90 Å². The fourth-order valence-electron chi connectivity index (χ4n) is 2.79. The molecule has 2 aromatic carbocycles. The van der Waals surface area contributed by atoms with Crippen molar-refractivity contribution >= 4 is 21.0 Å². The third-order valence-electron chi connectivity index (χ3n) is 4.04. The Morgan fingerprint density at radius 2 is 1.92 bits per heavy atom. The zero-order chi connectivity index (χ0) is 17.2. The molecule has 0 aliphatic carbocycles. The van der Waals surface area contributed by atoms with E-state index in [1.807, 2.05) is 37.3 Å². The van der Waals surface area contributed by atoms with Crippen LogP contribution < -0.4 is 4.18 Å². The first kappa shape index (κ1) is 16.6. The van der Waals surface area contributed by atoms with Crippen LogP contribution in [0.15, 0.2) is 53.6 Å². The van der Waals surface area contributed by atoms with Crippen molar-refractivity contribution in [2.75, 3.05) is 0 Å². The second kappa shape index (κ2) is 6.69. The molecule has 24 heavy (non-hydrogen) atoms. The Kier molecular flexibility index (Phi) is 4.62. The molecule has 0 radical (unpaired) electrons. The number of aromatic amines is 1. The van der Waals surface area contributed by atoms with Gasteiger partial charge in [0.25, 0.3) is 0 Å². The zero-order valence-electron chi connectivity index (χ0n) is 13.9. The molecular formula is C19H21NO3S. The SMILES string of the molecule is CCCCc1cc(C)ccc1S(=O)(=O)Oc1c[nH]c2ccccc12. The predicted octanol–water partition coefficient (Wildman–Crippen LogP) is 4.59. The summed E-state index contributed by atoms with van der Waals surface area (Å²) in [4.78, 5) is 3.29. The number of aryl methyl sites for hydroxylation is 2. The summed E-state index contributed by atoms with van der Waals surface area (Å²) in [7, 11) is -3.87. The number of H-pyrrole nitrogens is 1. The molecule has 0 amide bonds. The Balaban J connectivity index is 1.99. The van der Waals surface area contributed by atoms with Crippen molar-refractivity contribution in [1.82, 2.24) is 4.98 Å². The van der Waals surface area contributed by atoms with Gasteiger partial charge in [-0.2, -0.15) is 8.42 Å². The number of hydrogen-bond donors (Lipinski definition) is 1. The maximum absolute atomic E-state index is 12.8. The molecule has 5 heteroatoms. The van der Waals surface area contributed by atoms with Gasteiger partial charge in [-0.1, -0.05) is 43.2 Å². The van der Waals surface area contributed by atoms with Crippen LogP contribution in [0.25, 0.3) is 10.9 Å². The van der Waals surface area contributed by atoms with E-state index in [-0.39, 0.29) is 4.90 Å². The number of benzene rings is 2. The number of para-hydroxylation sites is 1. The van der Waals surface area contributed by atoms with Gasteiger partial charge in [-0.05, 0) is 43.5 Å². The van der Waals surface area contributed by atoms with Gasteiger partial charge in [-0.25, -0.2) is 0 Å². The Labute approximate surface area is 142 Å². The molecule has 0 spiro atoms.